The van der Waals surface area contributed by atoms with Crippen LogP contribution < -0.4 is 14.4 Å². The zero-order valence-corrected chi connectivity index (χ0v) is 38.5. The third-order valence-electron chi connectivity index (χ3n) is 14.6. The van der Waals surface area contributed by atoms with Crippen molar-refractivity contribution in [2.45, 2.75) is 211 Å². The maximum atomic E-state index is 14.3. The van der Waals surface area contributed by atoms with Gasteiger partial charge in [0.1, 0.15) is 11.5 Å². The standard InChI is InChI=1S/C26H35F3N2O3.C24H30F3NO3/c1-4-14-30-21-15-19(23(32)31(17(2)3)18-10-6-5-7-11-18)20(26(27,28)29)16-22(21)34-25(24(30)33)12-8-9-13-25;1-15(2)28(17-8-4-3-5-9-17)22(30)18-12-16-13-21(29)23(10-6-7-11-23)31-20(16)14-19(18)24(25,26)27/h15-18H,4-14H2,1-3H3;12,14-15,17H,3-11,13H2,1-2H3. The Kier molecular flexibility index (Phi) is 14.3. The average Bonchev–Trinajstić information content (AvgIpc) is 3.93. The van der Waals surface area contributed by atoms with Crippen molar-refractivity contribution in [3.63, 3.8) is 0 Å². The Morgan fingerprint density at radius 2 is 1.08 bits per heavy atom. The van der Waals surface area contributed by atoms with Crippen LogP contribution >= 0.6 is 0 Å². The zero-order chi connectivity index (χ0) is 47.1. The van der Waals surface area contributed by atoms with E-state index in [0.29, 0.717) is 44.2 Å². The van der Waals surface area contributed by atoms with Crippen LogP contribution in [0.3, 0.4) is 0 Å². The summed E-state index contributed by atoms with van der Waals surface area (Å²) in [6, 6.07) is 3.84. The van der Waals surface area contributed by atoms with Crippen molar-refractivity contribution < 1.29 is 55.0 Å². The first kappa shape index (κ1) is 48.6. The smallest absolute Gasteiger partial charge is 0.417 e. The Bertz CT molecular complexity index is 2090. The molecule has 0 bridgehead atoms. The number of nitrogens with zero attached hydrogens (tertiary/aromatic N) is 3. The van der Waals surface area contributed by atoms with Crippen molar-refractivity contribution in [1.29, 1.82) is 0 Å². The number of anilines is 1. The summed E-state index contributed by atoms with van der Waals surface area (Å²) in [6.45, 7) is 9.66. The zero-order valence-electron chi connectivity index (χ0n) is 38.5. The number of Topliss-reactive ketones (excluding diaryl/α,β-unsaturated/α-hetero) is 1. The van der Waals surface area contributed by atoms with Crippen LogP contribution in [0.2, 0.25) is 0 Å². The number of carbonyl (C=O) groups is 4. The molecular weight excluding hydrogens is 853 g/mol. The highest BCUT2D eigenvalue weighted by Gasteiger charge is 2.52. The summed E-state index contributed by atoms with van der Waals surface area (Å²) in [6.07, 6.45) is 5.81. The van der Waals surface area contributed by atoms with Gasteiger partial charge in [-0.25, -0.2) is 0 Å². The maximum absolute atomic E-state index is 14.3. The second-order valence-electron chi connectivity index (χ2n) is 19.7. The molecule has 6 aliphatic rings. The second-order valence-corrected chi connectivity index (χ2v) is 19.7. The summed E-state index contributed by atoms with van der Waals surface area (Å²) in [4.78, 5) is 58.2. The van der Waals surface area contributed by atoms with Gasteiger partial charge >= 0.3 is 12.4 Å². The predicted molar refractivity (Wildman–Crippen MR) is 234 cm³/mol. The van der Waals surface area contributed by atoms with E-state index in [-0.39, 0.29) is 65.0 Å². The van der Waals surface area contributed by atoms with E-state index in [1.54, 1.807) is 14.7 Å². The fourth-order valence-corrected chi connectivity index (χ4v) is 11.4. The highest BCUT2D eigenvalue weighted by atomic mass is 19.4. The van der Waals surface area contributed by atoms with Crippen LogP contribution in [0.5, 0.6) is 11.5 Å². The molecule has 358 valence electrons. The molecule has 2 aromatic rings. The number of benzene rings is 2. The monoisotopic (exact) mass is 917 g/mol. The largest absolute Gasteiger partial charge is 0.479 e. The number of hydrogen-bond donors (Lipinski definition) is 0. The van der Waals surface area contributed by atoms with Gasteiger partial charge < -0.3 is 24.2 Å². The maximum Gasteiger partial charge on any atom is 0.417 e. The molecule has 15 heteroatoms. The molecule has 2 aliphatic heterocycles. The fourth-order valence-electron chi connectivity index (χ4n) is 11.4. The average molecular weight is 918 g/mol. The van der Waals surface area contributed by atoms with E-state index >= 15 is 0 Å². The number of fused-ring (bicyclic) bond motifs is 2. The number of carbonyl (C=O) groups excluding carboxylic acids is 4. The molecule has 2 spiro atoms. The SMILES string of the molecule is CC(C)N(C(=O)c1cc2c(cc1C(F)(F)F)OC1(CCCC1)C(=O)C2)C1CCCCC1.CCCN1C(=O)C2(CCCC2)Oc2cc(C(F)(F)F)c(C(=O)N(C(C)C)C3CCCCC3)cc21. The number of hydrogen-bond acceptors (Lipinski definition) is 6. The Hall–Kier alpha value is -4.30. The number of alkyl halides is 6. The normalized spacial score (nSPS) is 20.9. The molecule has 9 nitrogen and oxygen atoms in total. The minimum absolute atomic E-state index is 0.0128. The van der Waals surface area contributed by atoms with E-state index in [4.69, 9.17) is 9.47 Å². The van der Waals surface area contributed by atoms with Crippen LogP contribution in [0.25, 0.3) is 0 Å². The lowest BCUT2D eigenvalue weighted by Crippen LogP contribution is -2.55. The van der Waals surface area contributed by atoms with E-state index in [9.17, 15) is 45.5 Å². The molecule has 3 amide bonds. The predicted octanol–water partition coefficient (Wildman–Crippen LogP) is 12.0. The van der Waals surface area contributed by atoms with E-state index in [0.717, 1.165) is 102 Å². The summed E-state index contributed by atoms with van der Waals surface area (Å²) in [5.74, 6) is -1.38. The molecule has 4 fully saturated rings. The minimum Gasteiger partial charge on any atom is -0.479 e. The number of rotatable bonds is 8. The van der Waals surface area contributed by atoms with E-state index in [1.165, 1.54) is 12.1 Å². The molecular formula is C50H65F6N3O6. The molecule has 8 rings (SSSR count). The minimum atomic E-state index is -4.72. The number of halogens is 6. The first-order valence-electron chi connectivity index (χ1n) is 24.1. The molecule has 2 heterocycles. The summed E-state index contributed by atoms with van der Waals surface area (Å²) in [7, 11) is 0. The second kappa shape index (κ2) is 19.1. The van der Waals surface area contributed by atoms with Gasteiger partial charge in [0.15, 0.2) is 17.0 Å². The fraction of sp³-hybridized carbons (Fsp3) is 0.680. The van der Waals surface area contributed by atoms with Crippen LogP contribution in [0.1, 0.15) is 194 Å². The third kappa shape index (κ3) is 9.76. The number of amides is 3. The summed E-state index contributed by atoms with van der Waals surface area (Å²) < 4.78 is 96.9. The third-order valence-corrected chi connectivity index (χ3v) is 14.6. The van der Waals surface area contributed by atoms with E-state index in [1.807, 2.05) is 34.6 Å². The quantitative estimate of drug-likeness (QED) is 0.245. The Morgan fingerprint density at radius 3 is 1.52 bits per heavy atom. The van der Waals surface area contributed by atoms with Crippen molar-refractivity contribution in [3.8, 4) is 11.5 Å². The molecule has 0 radical (unpaired) electrons. The van der Waals surface area contributed by atoms with Crippen molar-refractivity contribution in [1.82, 2.24) is 9.80 Å². The topological polar surface area (TPSA) is 96.5 Å². The summed E-state index contributed by atoms with van der Waals surface area (Å²) in [5.41, 5.74) is -4.17. The van der Waals surface area contributed by atoms with Gasteiger partial charge in [-0.3, -0.25) is 19.2 Å². The Labute approximate surface area is 378 Å². The Morgan fingerprint density at radius 1 is 0.646 bits per heavy atom. The van der Waals surface area contributed by atoms with Crippen molar-refractivity contribution in [2.75, 3.05) is 11.4 Å². The lowest BCUT2D eigenvalue weighted by Gasteiger charge is -2.42. The van der Waals surface area contributed by atoms with Gasteiger partial charge in [-0.2, -0.15) is 26.3 Å². The van der Waals surface area contributed by atoms with Gasteiger partial charge in [-0.05, 0) is 135 Å². The lowest BCUT2D eigenvalue weighted by atomic mass is 9.86. The van der Waals surface area contributed by atoms with Crippen molar-refractivity contribution in [3.05, 3.63) is 52.1 Å². The van der Waals surface area contributed by atoms with Gasteiger partial charge in [0.25, 0.3) is 17.7 Å². The summed E-state index contributed by atoms with van der Waals surface area (Å²) in [5, 5.41) is 0. The van der Waals surface area contributed by atoms with Crippen LogP contribution in [0.4, 0.5) is 32.0 Å². The van der Waals surface area contributed by atoms with Gasteiger partial charge in [0, 0.05) is 42.7 Å². The first-order valence-corrected chi connectivity index (χ1v) is 24.1. The molecule has 0 atom stereocenters. The summed E-state index contributed by atoms with van der Waals surface area (Å²) >= 11 is 0. The van der Waals surface area contributed by atoms with Crippen molar-refractivity contribution in [2.24, 2.45) is 0 Å². The molecule has 2 aromatic carbocycles. The first-order chi connectivity index (χ1) is 30.7. The highest BCUT2D eigenvalue weighted by molar-refractivity contribution is 6.05. The Balaban J connectivity index is 0.000000195. The van der Waals surface area contributed by atoms with E-state index < -0.39 is 52.1 Å². The molecule has 65 heavy (non-hydrogen) atoms. The van der Waals surface area contributed by atoms with Gasteiger partial charge in [-0.15, -0.1) is 0 Å². The van der Waals surface area contributed by atoms with Crippen LogP contribution in [-0.2, 0) is 28.4 Å². The molecule has 0 unspecified atom stereocenters. The van der Waals surface area contributed by atoms with Crippen molar-refractivity contribution >= 4 is 29.2 Å². The van der Waals surface area contributed by atoms with Gasteiger partial charge in [0.05, 0.1) is 27.9 Å². The molecule has 0 aromatic heterocycles. The van der Waals surface area contributed by atoms with Crippen LogP contribution in [-0.4, -0.2) is 75.2 Å². The number of ether oxygens (including phenoxy) is 2. The molecule has 4 saturated carbocycles. The van der Waals surface area contributed by atoms with Crippen LogP contribution in [0.15, 0.2) is 24.3 Å². The number of ketones is 1. The lowest BCUT2D eigenvalue weighted by molar-refractivity contribution is -0.140. The van der Waals surface area contributed by atoms with Gasteiger partial charge in [0.2, 0.25) is 0 Å². The molecule has 0 N–H and O–H groups in total. The van der Waals surface area contributed by atoms with Crippen LogP contribution in [0, 0.1) is 0 Å². The molecule has 0 saturated heterocycles. The highest BCUT2D eigenvalue weighted by Crippen LogP contribution is 2.49. The van der Waals surface area contributed by atoms with Gasteiger partial charge in [-0.1, -0.05) is 45.4 Å². The molecule has 4 aliphatic carbocycles. The van der Waals surface area contributed by atoms with E-state index in [2.05, 4.69) is 0 Å².